The Balaban J connectivity index is 1.95. The molecule has 1 aromatic rings. The molecule has 0 aliphatic carbocycles. The Kier molecular flexibility index (Phi) is 6.33. The van der Waals surface area contributed by atoms with Gasteiger partial charge in [0.25, 0.3) is 0 Å². The zero-order valence-electron chi connectivity index (χ0n) is 13.5. The molecule has 4 nitrogen and oxygen atoms in total. The van der Waals surface area contributed by atoms with Gasteiger partial charge in [-0.25, -0.2) is 0 Å². The molecule has 0 amide bonds. The van der Waals surface area contributed by atoms with Gasteiger partial charge in [-0.05, 0) is 46.0 Å². The van der Waals surface area contributed by atoms with E-state index in [2.05, 4.69) is 23.3 Å². The summed E-state index contributed by atoms with van der Waals surface area (Å²) < 4.78 is 11.5. The first-order valence-corrected chi connectivity index (χ1v) is 7.89. The molecule has 1 unspecified atom stereocenters. The highest BCUT2D eigenvalue weighted by Gasteiger charge is 2.19. The van der Waals surface area contributed by atoms with Gasteiger partial charge < -0.3 is 19.7 Å². The Labute approximate surface area is 128 Å². The van der Waals surface area contributed by atoms with Crippen molar-refractivity contribution in [3.05, 3.63) is 23.8 Å². The zero-order chi connectivity index (χ0) is 15.1. The Bertz CT molecular complexity index is 437. The average Bonchev–Trinajstić information content (AvgIpc) is 2.50. The van der Waals surface area contributed by atoms with Crippen molar-refractivity contribution in [2.24, 2.45) is 0 Å². The lowest BCUT2D eigenvalue weighted by molar-refractivity contribution is 0.151. The van der Waals surface area contributed by atoms with Crippen LogP contribution < -0.4 is 14.8 Å². The van der Waals surface area contributed by atoms with Crippen molar-refractivity contribution >= 4 is 0 Å². The maximum absolute atomic E-state index is 6.07. The highest BCUT2D eigenvalue weighted by Crippen LogP contribution is 2.31. The van der Waals surface area contributed by atoms with Crippen molar-refractivity contribution in [3.8, 4) is 11.5 Å². The lowest BCUT2D eigenvalue weighted by Crippen LogP contribution is -2.37. The number of hydrogen-bond acceptors (Lipinski definition) is 4. The third-order valence-electron chi connectivity index (χ3n) is 4.27. The van der Waals surface area contributed by atoms with Crippen molar-refractivity contribution in [1.29, 1.82) is 0 Å². The molecule has 1 aliphatic rings. The fourth-order valence-corrected chi connectivity index (χ4v) is 3.02. The Morgan fingerprint density at radius 1 is 1.33 bits per heavy atom. The van der Waals surface area contributed by atoms with Gasteiger partial charge in [0.1, 0.15) is 0 Å². The van der Waals surface area contributed by atoms with Crippen LogP contribution in [0.4, 0.5) is 0 Å². The van der Waals surface area contributed by atoms with Gasteiger partial charge in [0, 0.05) is 18.2 Å². The molecule has 1 heterocycles. The first kappa shape index (κ1) is 16.1. The number of rotatable bonds is 7. The number of nitrogens with one attached hydrogen (secondary N) is 1. The minimum atomic E-state index is 0.654. The van der Waals surface area contributed by atoms with Crippen LogP contribution in [-0.2, 0) is 6.54 Å². The Morgan fingerprint density at radius 2 is 2.19 bits per heavy atom. The molecule has 1 aliphatic heterocycles. The quantitative estimate of drug-likeness (QED) is 0.838. The number of hydrogen-bond donors (Lipinski definition) is 1. The van der Waals surface area contributed by atoms with Gasteiger partial charge in [0.15, 0.2) is 11.5 Å². The molecule has 1 saturated heterocycles. The molecule has 1 aromatic carbocycles. The minimum Gasteiger partial charge on any atom is -0.493 e. The predicted octanol–water partition coefficient (Wildman–Crippen LogP) is 2.67. The highest BCUT2D eigenvalue weighted by molar-refractivity contribution is 5.46. The molecule has 118 valence electrons. The number of likely N-dealkylation sites (tertiary alicyclic amines) is 1. The van der Waals surface area contributed by atoms with Crippen molar-refractivity contribution in [2.75, 3.05) is 34.4 Å². The van der Waals surface area contributed by atoms with Gasteiger partial charge in [0.05, 0.1) is 13.7 Å². The number of benzene rings is 1. The number of methoxy groups -OCH3 is 1. The molecule has 0 radical (unpaired) electrons. The van der Waals surface area contributed by atoms with Crippen LogP contribution in [0, 0.1) is 0 Å². The molecule has 4 heteroatoms. The smallest absolute Gasteiger partial charge is 0.165 e. The van der Waals surface area contributed by atoms with E-state index in [1.54, 1.807) is 7.11 Å². The predicted molar refractivity (Wildman–Crippen MR) is 86.1 cm³/mol. The van der Waals surface area contributed by atoms with Gasteiger partial charge in [0.2, 0.25) is 0 Å². The summed E-state index contributed by atoms with van der Waals surface area (Å²) in [6, 6.07) is 6.71. The van der Waals surface area contributed by atoms with E-state index in [1.807, 2.05) is 19.2 Å². The van der Waals surface area contributed by atoms with E-state index in [4.69, 9.17) is 9.47 Å². The molecule has 1 fully saturated rings. The molecule has 1 atom stereocenters. The van der Waals surface area contributed by atoms with Crippen LogP contribution in [0.15, 0.2) is 18.2 Å². The van der Waals surface area contributed by atoms with Gasteiger partial charge in [-0.1, -0.05) is 18.6 Å². The van der Waals surface area contributed by atoms with E-state index in [9.17, 15) is 0 Å². The number of ether oxygens (including phenoxy) is 2. The maximum Gasteiger partial charge on any atom is 0.165 e. The summed E-state index contributed by atoms with van der Waals surface area (Å²) >= 11 is 0. The first-order chi connectivity index (χ1) is 10.3. The summed E-state index contributed by atoms with van der Waals surface area (Å²) in [6.07, 6.45) is 5.03. The molecule has 0 aromatic heterocycles. The van der Waals surface area contributed by atoms with Crippen LogP contribution in [0.1, 0.15) is 31.2 Å². The van der Waals surface area contributed by atoms with E-state index in [0.717, 1.165) is 36.6 Å². The van der Waals surface area contributed by atoms with Crippen molar-refractivity contribution in [3.63, 3.8) is 0 Å². The van der Waals surface area contributed by atoms with E-state index in [0.29, 0.717) is 6.04 Å². The summed E-state index contributed by atoms with van der Waals surface area (Å²) in [6.45, 7) is 2.74. The summed E-state index contributed by atoms with van der Waals surface area (Å²) in [4.78, 5) is 2.46. The lowest BCUT2D eigenvalue weighted by Gasteiger charge is -2.32. The van der Waals surface area contributed by atoms with E-state index >= 15 is 0 Å². The Morgan fingerprint density at radius 3 is 2.90 bits per heavy atom. The van der Waals surface area contributed by atoms with Crippen molar-refractivity contribution in [1.82, 2.24) is 10.2 Å². The first-order valence-electron chi connectivity index (χ1n) is 7.89. The highest BCUT2D eigenvalue weighted by atomic mass is 16.5. The van der Waals surface area contributed by atoms with Crippen molar-refractivity contribution < 1.29 is 9.47 Å². The largest absolute Gasteiger partial charge is 0.493 e. The molecular weight excluding hydrogens is 264 g/mol. The average molecular weight is 292 g/mol. The molecule has 1 N–H and O–H groups in total. The molecule has 2 rings (SSSR count). The van der Waals surface area contributed by atoms with Crippen LogP contribution in [0.2, 0.25) is 0 Å². The summed E-state index contributed by atoms with van der Waals surface area (Å²) in [5.74, 6) is 1.70. The van der Waals surface area contributed by atoms with Crippen molar-refractivity contribution in [2.45, 2.75) is 38.3 Å². The topological polar surface area (TPSA) is 33.7 Å². The van der Waals surface area contributed by atoms with E-state index in [-0.39, 0.29) is 0 Å². The Hall–Kier alpha value is -1.26. The van der Waals surface area contributed by atoms with Gasteiger partial charge in [-0.2, -0.15) is 0 Å². The number of para-hydroxylation sites is 1. The maximum atomic E-state index is 6.07. The summed E-state index contributed by atoms with van der Waals surface area (Å²) in [5.41, 5.74) is 1.15. The molecule has 0 bridgehead atoms. The number of piperidine rings is 1. The second kappa shape index (κ2) is 8.25. The lowest BCUT2D eigenvalue weighted by atomic mass is 10.0. The number of nitrogens with zero attached hydrogens (tertiary/aromatic N) is 1. The molecule has 0 spiro atoms. The summed E-state index contributed by atoms with van der Waals surface area (Å²) in [5, 5.41) is 3.18. The van der Waals surface area contributed by atoms with Gasteiger partial charge >= 0.3 is 0 Å². The normalized spacial score (nSPS) is 19.5. The SMILES string of the molecule is CNCc1cccc(OC)c1OCCC1CCCCN1C. The molecule has 0 saturated carbocycles. The van der Waals surface area contributed by atoms with Crippen LogP contribution >= 0.6 is 0 Å². The van der Waals surface area contributed by atoms with Crippen LogP contribution in [-0.4, -0.2) is 45.3 Å². The van der Waals surface area contributed by atoms with Crippen LogP contribution in [0.5, 0.6) is 11.5 Å². The third kappa shape index (κ3) is 4.35. The fraction of sp³-hybridized carbons (Fsp3) is 0.647. The van der Waals surface area contributed by atoms with E-state index < -0.39 is 0 Å². The zero-order valence-corrected chi connectivity index (χ0v) is 13.5. The van der Waals surface area contributed by atoms with Gasteiger partial charge in [-0.3, -0.25) is 0 Å². The third-order valence-corrected chi connectivity index (χ3v) is 4.27. The molecule has 21 heavy (non-hydrogen) atoms. The monoisotopic (exact) mass is 292 g/mol. The summed E-state index contributed by atoms with van der Waals surface area (Å²) in [7, 11) is 5.86. The van der Waals surface area contributed by atoms with Crippen LogP contribution in [0.3, 0.4) is 0 Å². The van der Waals surface area contributed by atoms with Gasteiger partial charge in [-0.15, -0.1) is 0 Å². The standard InChI is InChI=1S/C17H28N2O2/c1-18-13-14-7-6-9-16(20-3)17(14)21-12-10-15-8-4-5-11-19(15)2/h6-7,9,15,18H,4-5,8,10-13H2,1-3H3. The fourth-order valence-electron chi connectivity index (χ4n) is 3.02. The molecular formula is C17H28N2O2. The second-order valence-electron chi connectivity index (χ2n) is 5.75. The second-order valence-corrected chi connectivity index (χ2v) is 5.75. The van der Waals surface area contributed by atoms with E-state index in [1.165, 1.54) is 25.8 Å². The minimum absolute atomic E-state index is 0.654. The van der Waals surface area contributed by atoms with Crippen LogP contribution in [0.25, 0.3) is 0 Å².